The number of halogens is 1. The predicted molar refractivity (Wildman–Crippen MR) is 92.0 cm³/mol. The number of rotatable bonds is 3. The van der Waals surface area contributed by atoms with Gasteiger partial charge in [-0.2, -0.15) is 0 Å². The van der Waals surface area contributed by atoms with Gasteiger partial charge < -0.3 is 14.9 Å². The average Bonchev–Trinajstić information content (AvgIpc) is 3.07. The number of carbonyl (C=O) groups is 3. The van der Waals surface area contributed by atoms with Crippen LogP contribution in [0.3, 0.4) is 0 Å². The van der Waals surface area contributed by atoms with Crippen molar-refractivity contribution in [2.45, 2.75) is 25.3 Å². The van der Waals surface area contributed by atoms with Crippen molar-refractivity contribution in [1.82, 2.24) is 9.80 Å². The molecule has 134 valence electrons. The normalized spacial score (nSPS) is 26.8. The van der Waals surface area contributed by atoms with E-state index in [1.165, 1.54) is 0 Å². The molecule has 0 radical (unpaired) electrons. The van der Waals surface area contributed by atoms with Gasteiger partial charge in [0.1, 0.15) is 0 Å². The van der Waals surface area contributed by atoms with Gasteiger partial charge in [0.2, 0.25) is 11.8 Å². The van der Waals surface area contributed by atoms with Crippen LogP contribution < -0.4 is 0 Å². The fourth-order valence-corrected chi connectivity index (χ4v) is 4.04. The number of amides is 2. The zero-order valence-corrected chi connectivity index (χ0v) is 14.8. The molecule has 2 aliphatic heterocycles. The molecule has 1 N–H and O–H groups in total. The summed E-state index contributed by atoms with van der Waals surface area (Å²) in [7, 11) is 1.71. The number of benzene rings is 1. The van der Waals surface area contributed by atoms with Gasteiger partial charge in [0, 0.05) is 31.6 Å². The number of nitrogens with zero attached hydrogens (tertiary/aromatic N) is 2. The van der Waals surface area contributed by atoms with Crippen LogP contribution in [0.25, 0.3) is 0 Å². The van der Waals surface area contributed by atoms with E-state index in [-0.39, 0.29) is 30.3 Å². The summed E-state index contributed by atoms with van der Waals surface area (Å²) < 4.78 is 0. The molecule has 6 nitrogen and oxygen atoms in total. The number of carbonyl (C=O) groups excluding carboxylic acids is 2. The van der Waals surface area contributed by atoms with Crippen LogP contribution in [-0.2, 0) is 14.4 Å². The maximum Gasteiger partial charge on any atom is 0.308 e. The van der Waals surface area contributed by atoms with E-state index in [2.05, 4.69) is 0 Å². The Morgan fingerprint density at radius 2 is 2.04 bits per heavy atom. The third kappa shape index (κ3) is 3.49. The highest BCUT2D eigenvalue weighted by molar-refractivity contribution is 6.30. The van der Waals surface area contributed by atoms with Gasteiger partial charge in [-0.25, -0.2) is 0 Å². The molecule has 2 saturated heterocycles. The zero-order valence-electron chi connectivity index (χ0n) is 14.0. The third-order valence-electron chi connectivity index (χ3n) is 5.22. The molecule has 2 aliphatic rings. The van der Waals surface area contributed by atoms with Crippen molar-refractivity contribution < 1.29 is 19.5 Å². The molecule has 3 atom stereocenters. The molecule has 0 unspecified atom stereocenters. The Hall–Kier alpha value is -2.08. The highest BCUT2D eigenvalue weighted by atomic mass is 35.5. The smallest absolute Gasteiger partial charge is 0.308 e. The minimum atomic E-state index is -0.863. The molecule has 7 heteroatoms. The first-order valence-corrected chi connectivity index (χ1v) is 8.79. The summed E-state index contributed by atoms with van der Waals surface area (Å²) in [6.45, 7) is 0.691. The minimum absolute atomic E-state index is 0.00106. The summed E-state index contributed by atoms with van der Waals surface area (Å²) in [6.07, 6.45) is 1.26. The summed E-state index contributed by atoms with van der Waals surface area (Å²) in [6, 6.07) is 6.84. The second kappa shape index (κ2) is 7.04. The Kier molecular flexibility index (Phi) is 4.99. The number of carboxylic acid groups (broad SMARTS) is 1. The number of piperidine rings is 1. The molecule has 0 aromatic heterocycles. The Balaban J connectivity index is 1.86. The van der Waals surface area contributed by atoms with Crippen molar-refractivity contribution >= 4 is 29.4 Å². The highest BCUT2D eigenvalue weighted by Gasteiger charge is 2.42. The lowest BCUT2D eigenvalue weighted by atomic mass is 9.83. The van der Waals surface area contributed by atoms with E-state index < -0.39 is 11.9 Å². The van der Waals surface area contributed by atoms with Gasteiger partial charge in [-0.1, -0.05) is 23.7 Å². The fourth-order valence-electron chi connectivity index (χ4n) is 3.84. The lowest BCUT2D eigenvalue weighted by Crippen LogP contribution is -2.47. The summed E-state index contributed by atoms with van der Waals surface area (Å²) in [5.74, 6) is -1.82. The second-order valence-electron chi connectivity index (χ2n) is 6.76. The second-order valence-corrected chi connectivity index (χ2v) is 7.19. The highest BCUT2D eigenvalue weighted by Crippen LogP contribution is 2.38. The summed E-state index contributed by atoms with van der Waals surface area (Å²) in [5.41, 5.74) is 0.829. The average molecular weight is 365 g/mol. The van der Waals surface area contributed by atoms with Crippen molar-refractivity contribution in [2.24, 2.45) is 11.8 Å². The van der Waals surface area contributed by atoms with Crippen molar-refractivity contribution in [3.63, 3.8) is 0 Å². The maximum atomic E-state index is 13.1. The molecule has 0 spiro atoms. The first kappa shape index (κ1) is 17.7. The predicted octanol–water partition coefficient (Wildman–Crippen LogP) is 2.18. The number of carboxylic acids is 1. The molecule has 1 aromatic carbocycles. The number of aliphatic carboxylic acids is 1. The van der Waals surface area contributed by atoms with Crippen molar-refractivity contribution in [1.29, 1.82) is 0 Å². The molecular weight excluding hydrogens is 344 g/mol. The lowest BCUT2D eigenvalue weighted by molar-refractivity contribution is -0.146. The molecule has 0 bridgehead atoms. The Bertz CT molecular complexity index is 708. The molecule has 2 amide bonds. The molecule has 2 heterocycles. The summed E-state index contributed by atoms with van der Waals surface area (Å²) in [4.78, 5) is 39.6. The quantitative estimate of drug-likeness (QED) is 0.891. The Morgan fingerprint density at radius 3 is 2.68 bits per heavy atom. The molecule has 0 aliphatic carbocycles. The van der Waals surface area contributed by atoms with Crippen LogP contribution in [-0.4, -0.2) is 52.8 Å². The van der Waals surface area contributed by atoms with Crippen LogP contribution in [0, 0.1) is 11.8 Å². The van der Waals surface area contributed by atoms with Crippen LogP contribution in [0.15, 0.2) is 24.3 Å². The van der Waals surface area contributed by atoms with Crippen LogP contribution in [0.4, 0.5) is 0 Å². The van der Waals surface area contributed by atoms with Crippen molar-refractivity contribution in [3.05, 3.63) is 34.9 Å². The van der Waals surface area contributed by atoms with E-state index in [1.807, 2.05) is 12.1 Å². The third-order valence-corrected chi connectivity index (χ3v) is 5.45. The first-order valence-electron chi connectivity index (χ1n) is 8.41. The summed E-state index contributed by atoms with van der Waals surface area (Å²) in [5, 5.41) is 9.71. The molecule has 1 aromatic rings. The van der Waals surface area contributed by atoms with Crippen molar-refractivity contribution in [3.8, 4) is 0 Å². The largest absolute Gasteiger partial charge is 0.481 e. The van der Waals surface area contributed by atoms with Gasteiger partial charge in [-0.3, -0.25) is 14.4 Å². The molecule has 3 rings (SSSR count). The van der Waals surface area contributed by atoms with Gasteiger partial charge in [-0.05, 0) is 30.5 Å². The van der Waals surface area contributed by atoms with Crippen LogP contribution in [0.5, 0.6) is 0 Å². The lowest BCUT2D eigenvalue weighted by Gasteiger charge is -2.40. The van der Waals surface area contributed by atoms with Gasteiger partial charge in [0.15, 0.2) is 0 Å². The topological polar surface area (TPSA) is 77.9 Å². The van der Waals surface area contributed by atoms with E-state index in [0.717, 1.165) is 5.56 Å². The minimum Gasteiger partial charge on any atom is -0.481 e. The van der Waals surface area contributed by atoms with Crippen LogP contribution >= 0.6 is 11.6 Å². The Labute approximate surface area is 151 Å². The van der Waals surface area contributed by atoms with Crippen LogP contribution in [0.2, 0.25) is 5.02 Å². The fraction of sp³-hybridized carbons (Fsp3) is 0.500. The van der Waals surface area contributed by atoms with Crippen molar-refractivity contribution in [2.75, 3.05) is 20.1 Å². The SMILES string of the molecule is CN1C(=O)CC[C@H](C(=O)N2CC[C@@H](C(=O)O)C2)[C@@H]1c1cccc(Cl)c1. The standard InChI is InChI=1S/C18H21ClN2O4/c1-20-15(22)6-5-14(16(20)11-3-2-4-13(19)9-11)17(23)21-8-7-12(10-21)18(24)25/h2-4,9,12,14,16H,5-8,10H2,1H3,(H,24,25)/t12-,14+,16+/m1/s1. The van der Waals surface area contributed by atoms with Crippen LogP contribution in [0.1, 0.15) is 30.9 Å². The monoisotopic (exact) mass is 364 g/mol. The molecule has 25 heavy (non-hydrogen) atoms. The summed E-state index contributed by atoms with van der Waals surface area (Å²) >= 11 is 6.09. The number of hydrogen-bond donors (Lipinski definition) is 1. The number of likely N-dealkylation sites (tertiary alicyclic amines) is 2. The molecule has 2 fully saturated rings. The molecule has 0 saturated carbocycles. The van der Waals surface area contributed by atoms with Gasteiger partial charge in [0.05, 0.1) is 17.9 Å². The molecular formula is C18H21ClN2O4. The van der Waals surface area contributed by atoms with E-state index in [9.17, 15) is 14.4 Å². The first-order chi connectivity index (χ1) is 11.9. The zero-order chi connectivity index (χ0) is 18.1. The van der Waals surface area contributed by atoms with Gasteiger partial charge >= 0.3 is 5.97 Å². The Morgan fingerprint density at radius 1 is 1.28 bits per heavy atom. The van der Waals surface area contributed by atoms with E-state index in [1.54, 1.807) is 29.0 Å². The van der Waals surface area contributed by atoms with E-state index in [4.69, 9.17) is 16.7 Å². The van der Waals surface area contributed by atoms with E-state index in [0.29, 0.717) is 30.8 Å². The number of hydrogen-bond acceptors (Lipinski definition) is 3. The maximum absolute atomic E-state index is 13.1. The van der Waals surface area contributed by atoms with Gasteiger partial charge in [-0.15, -0.1) is 0 Å². The van der Waals surface area contributed by atoms with Gasteiger partial charge in [0.25, 0.3) is 0 Å². The van der Waals surface area contributed by atoms with E-state index >= 15 is 0 Å².